The van der Waals surface area contributed by atoms with E-state index < -0.39 is 27.8 Å². The predicted octanol–water partition coefficient (Wildman–Crippen LogP) is 4.79. The van der Waals surface area contributed by atoms with Gasteiger partial charge in [-0.05, 0) is 54.2 Å². The van der Waals surface area contributed by atoms with Crippen molar-refractivity contribution in [3.8, 4) is 0 Å². The van der Waals surface area contributed by atoms with Gasteiger partial charge in [-0.3, -0.25) is 8.99 Å². The normalized spacial score (nSPS) is 13.3. The first-order valence-electron chi connectivity index (χ1n) is 9.30. The lowest BCUT2D eigenvalue weighted by Crippen LogP contribution is -2.42. The number of hydrogen-bond donors (Lipinski definition) is 1. The molecular weight excluding hydrogens is 457 g/mol. The number of rotatable bonds is 10. The van der Waals surface area contributed by atoms with Gasteiger partial charge in [-0.2, -0.15) is 18.3 Å². The van der Waals surface area contributed by atoms with Crippen LogP contribution in [0.3, 0.4) is 0 Å². The maximum absolute atomic E-state index is 13.2. The first kappa shape index (κ1) is 26.9. The topological polar surface area (TPSA) is 76.5 Å². The molecule has 31 heavy (non-hydrogen) atoms. The minimum atomic E-state index is -4.62. The van der Waals surface area contributed by atoms with Crippen LogP contribution in [0, 0.1) is 0 Å². The molecule has 1 aromatic heterocycles. The first-order valence-corrected chi connectivity index (χ1v) is 11.1. The SMILES string of the molecule is C=C(/C=C(\C)N(C(C)C)S(=O)(=O)c1cn(CC)nc1Cl)NC(=C)OC(C)(C)C(F)(F)F. The van der Waals surface area contributed by atoms with Gasteiger partial charge in [0.15, 0.2) is 16.6 Å². The van der Waals surface area contributed by atoms with Crippen LogP contribution in [-0.4, -0.2) is 40.3 Å². The van der Waals surface area contributed by atoms with Crippen LogP contribution in [0.5, 0.6) is 0 Å². The minimum absolute atomic E-state index is 0.0803. The molecule has 1 heterocycles. The van der Waals surface area contributed by atoms with Gasteiger partial charge in [0, 0.05) is 30.2 Å². The third-order valence-corrected chi connectivity index (χ3v) is 6.58. The van der Waals surface area contributed by atoms with Crippen LogP contribution in [0.4, 0.5) is 13.2 Å². The van der Waals surface area contributed by atoms with Crippen LogP contribution in [0.1, 0.15) is 41.5 Å². The number of sulfonamides is 1. The average Bonchev–Trinajstić information content (AvgIpc) is 2.93. The molecular formula is C19H28ClF3N4O3S. The number of hydrogen-bond acceptors (Lipinski definition) is 5. The van der Waals surface area contributed by atoms with E-state index in [2.05, 4.69) is 23.6 Å². The summed E-state index contributed by atoms with van der Waals surface area (Å²) in [4.78, 5) is -0.157. The second-order valence-corrected chi connectivity index (χ2v) is 9.65. The molecule has 0 amide bonds. The Morgan fingerprint density at radius 2 is 1.94 bits per heavy atom. The van der Waals surface area contributed by atoms with Crippen LogP contribution in [-0.2, 0) is 21.3 Å². The van der Waals surface area contributed by atoms with Crippen molar-refractivity contribution in [2.45, 2.75) is 70.8 Å². The van der Waals surface area contributed by atoms with Gasteiger partial charge < -0.3 is 10.1 Å². The molecule has 0 unspecified atom stereocenters. The molecule has 1 aromatic rings. The summed E-state index contributed by atoms with van der Waals surface area (Å²) < 4.78 is 72.7. The van der Waals surface area contributed by atoms with Crippen molar-refractivity contribution in [2.75, 3.05) is 0 Å². The third-order valence-electron chi connectivity index (χ3n) is 4.11. The Labute approximate surface area is 186 Å². The highest BCUT2D eigenvalue weighted by Gasteiger charge is 2.50. The van der Waals surface area contributed by atoms with Crippen molar-refractivity contribution in [2.24, 2.45) is 0 Å². The molecule has 0 bridgehead atoms. The van der Waals surface area contributed by atoms with Gasteiger partial charge in [-0.15, -0.1) is 0 Å². The standard InChI is InChI=1S/C19H28ClF3N4O3S/c1-9-26-11-16(17(20)25-26)31(28,29)27(12(2)3)14(5)10-13(4)24-15(6)30-18(7,8)19(21,22)23/h10-12,24H,4,6,9H2,1-3,5,7-8H3/b14-10+. The maximum atomic E-state index is 13.2. The molecule has 0 radical (unpaired) electrons. The van der Waals surface area contributed by atoms with Gasteiger partial charge in [0.1, 0.15) is 4.90 Å². The van der Waals surface area contributed by atoms with Crippen LogP contribution >= 0.6 is 11.6 Å². The lowest BCUT2D eigenvalue weighted by atomic mass is 10.1. The summed E-state index contributed by atoms with van der Waals surface area (Å²) >= 11 is 6.03. The van der Waals surface area contributed by atoms with E-state index in [-0.39, 0.29) is 27.3 Å². The highest BCUT2D eigenvalue weighted by Crippen LogP contribution is 2.34. The van der Waals surface area contributed by atoms with Gasteiger partial charge in [0.25, 0.3) is 10.0 Å². The fourth-order valence-corrected chi connectivity index (χ4v) is 4.76. The largest absolute Gasteiger partial charge is 0.464 e. The molecule has 0 saturated carbocycles. The van der Waals surface area contributed by atoms with Crippen molar-refractivity contribution < 1.29 is 26.3 Å². The summed E-state index contributed by atoms with van der Waals surface area (Å²) in [6.45, 7) is 15.9. The highest BCUT2D eigenvalue weighted by atomic mass is 35.5. The summed E-state index contributed by atoms with van der Waals surface area (Å²) in [7, 11) is -4.06. The average molecular weight is 485 g/mol. The van der Waals surface area contributed by atoms with E-state index >= 15 is 0 Å². The van der Waals surface area contributed by atoms with Crippen LogP contribution in [0.15, 0.2) is 47.6 Å². The molecule has 0 spiro atoms. The number of aryl methyl sites for hydroxylation is 1. The van der Waals surface area contributed by atoms with E-state index in [1.54, 1.807) is 20.8 Å². The molecule has 0 saturated heterocycles. The Balaban J connectivity index is 3.13. The monoisotopic (exact) mass is 484 g/mol. The summed E-state index contributed by atoms with van der Waals surface area (Å²) in [5.74, 6) is -0.386. The van der Waals surface area contributed by atoms with Crippen molar-refractivity contribution >= 4 is 21.6 Å². The van der Waals surface area contributed by atoms with Gasteiger partial charge >= 0.3 is 6.18 Å². The van der Waals surface area contributed by atoms with Crippen molar-refractivity contribution in [3.05, 3.63) is 47.9 Å². The zero-order chi connectivity index (χ0) is 24.4. The number of nitrogens with zero attached hydrogens (tertiary/aromatic N) is 3. The predicted molar refractivity (Wildman–Crippen MR) is 113 cm³/mol. The van der Waals surface area contributed by atoms with E-state index in [4.69, 9.17) is 16.3 Å². The molecule has 176 valence electrons. The molecule has 1 rings (SSSR count). The highest BCUT2D eigenvalue weighted by molar-refractivity contribution is 7.89. The quantitative estimate of drug-likeness (QED) is 0.381. The smallest absolute Gasteiger partial charge is 0.427 e. The fraction of sp³-hybridized carbons (Fsp3) is 0.526. The zero-order valence-corrected chi connectivity index (χ0v) is 19.9. The van der Waals surface area contributed by atoms with E-state index in [0.717, 1.165) is 18.2 Å². The Morgan fingerprint density at radius 1 is 1.39 bits per heavy atom. The van der Waals surface area contributed by atoms with E-state index in [0.29, 0.717) is 6.54 Å². The number of allylic oxidation sites excluding steroid dienone is 2. The Bertz CT molecular complexity index is 967. The Kier molecular flexibility index (Phi) is 8.29. The molecule has 0 aromatic carbocycles. The van der Waals surface area contributed by atoms with Gasteiger partial charge in [-0.25, -0.2) is 8.42 Å². The molecule has 0 fully saturated rings. The summed E-state index contributed by atoms with van der Waals surface area (Å²) in [6.07, 6.45) is -1.93. The van der Waals surface area contributed by atoms with Crippen LogP contribution in [0.2, 0.25) is 5.15 Å². The fourth-order valence-electron chi connectivity index (χ4n) is 2.62. The zero-order valence-electron chi connectivity index (χ0n) is 18.3. The number of aromatic nitrogens is 2. The molecule has 12 heteroatoms. The lowest BCUT2D eigenvalue weighted by molar-refractivity contribution is -0.252. The van der Waals surface area contributed by atoms with E-state index in [1.165, 1.54) is 23.9 Å². The molecule has 0 aliphatic heterocycles. The van der Waals surface area contributed by atoms with Crippen molar-refractivity contribution in [1.82, 2.24) is 19.4 Å². The van der Waals surface area contributed by atoms with E-state index in [1.807, 2.05) is 0 Å². The number of alkyl halides is 3. The Morgan fingerprint density at radius 3 is 2.35 bits per heavy atom. The van der Waals surface area contributed by atoms with Crippen LogP contribution < -0.4 is 5.32 Å². The number of halogens is 4. The van der Waals surface area contributed by atoms with E-state index in [9.17, 15) is 21.6 Å². The summed E-state index contributed by atoms with van der Waals surface area (Å²) in [6, 6.07) is -0.501. The summed E-state index contributed by atoms with van der Waals surface area (Å²) in [5, 5.41) is 6.30. The van der Waals surface area contributed by atoms with Gasteiger partial charge in [-0.1, -0.05) is 18.2 Å². The molecule has 0 atom stereocenters. The molecule has 7 nitrogen and oxygen atoms in total. The first-order chi connectivity index (χ1) is 13.9. The third kappa shape index (κ3) is 6.42. The second kappa shape index (κ2) is 9.56. The van der Waals surface area contributed by atoms with Gasteiger partial charge in [0.2, 0.25) is 0 Å². The molecule has 1 N–H and O–H groups in total. The van der Waals surface area contributed by atoms with Crippen LogP contribution in [0.25, 0.3) is 0 Å². The maximum Gasteiger partial charge on any atom is 0.427 e. The number of ether oxygens (including phenoxy) is 1. The second-order valence-electron chi connectivity index (χ2n) is 7.50. The molecule has 0 aliphatic carbocycles. The minimum Gasteiger partial charge on any atom is -0.464 e. The van der Waals surface area contributed by atoms with Crippen molar-refractivity contribution in [3.63, 3.8) is 0 Å². The van der Waals surface area contributed by atoms with Crippen molar-refractivity contribution in [1.29, 1.82) is 0 Å². The number of nitrogens with one attached hydrogen (secondary N) is 1. The van der Waals surface area contributed by atoms with Gasteiger partial charge in [0.05, 0.1) is 0 Å². The Hall–Kier alpha value is -2.14. The lowest BCUT2D eigenvalue weighted by Gasteiger charge is -2.30. The molecule has 0 aliphatic rings. The summed E-state index contributed by atoms with van der Waals surface area (Å²) in [5.41, 5.74) is -2.15.